The van der Waals surface area contributed by atoms with Gasteiger partial charge in [-0.05, 0) is 24.3 Å². The third-order valence-corrected chi connectivity index (χ3v) is 5.95. The second kappa shape index (κ2) is 8.27. The van der Waals surface area contributed by atoms with Crippen molar-refractivity contribution in [2.45, 2.75) is 12.5 Å². The minimum absolute atomic E-state index is 0.0936. The number of carbonyl (C=O) groups excluding carboxylic acids is 3. The Morgan fingerprint density at radius 3 is 2.33 bits per heavy atom. The number of allylic oxidation sites excluding steroid dienone is 1. The van der Waals surface area contributed by atoms with Crippen LogP contribution >= 0.6 is 0 Å². The number of para-hydroxylation sites is 1. The standard InChI is InChI=1S/C26H19N3O4/c30-15-29(16-8-2-1-3-9-16)26(33)19-14-21(28-23(19)20-12-6-7-13-27-20)22-24(31)17-10-4-5-11-18(17)25(22)32/h1-13,15,19,23,31H,14H2. The first kappa shape index (κ1) is 20.5. The summed E-state index contributed by atoms with van der Waals surface area (Å²) in [7, 11) is 0. The van der Waals surface area contributed by atoms with Crippen molar-refractivity contribution >= 4 is 35.3 Å². The number of Topliss-reactive ketones (excluding diaryl/α,β-unsaturated/α-hetero) is 1. The minimum atomic E-state index is -0.767. The average Bonchev–Trinajstić information content (AvgIpc) is 3.40. The molecule has 2 aliphatic rings. The van der Waals surface area contributed by atoms with Gasteiger partial charge >= 0.3 is 0 Å². The molecule has 2 unspecified atom stereocenters. The average molecular weight is 437 g/mol. The predicted octanol–water partition coefficient (Wildman–Crippen LogP) is 3.94. The van der Waals surface area contributed by atoms with Crippen LogP contribution in [0.1, 0.15) is 34.1 Å². The van der Waals surface area contributed by atoms with Crippen molar-refractivity contribution in [1.82, 2.24) is 4.98 Å². The molecule has 1 aromatic heterocycles. The van der Waals surface area contributed by atoms with E-state index in [1.807, 2.05) is 0 Å². The number of aliphatic hydroxyl groups excluding tert-OH is 1. The van der Waals surface area contributed by atoms with E-state index in [1.165, 1.54) is 0 Å². The van der Waals surface area contributed by atoms with Crippen molar-refractivity contribution in [3.8, 4) is 0 Å². The van der Waals surface area contributed by atoms with Gasteiger partial charge in [0.05, 0.1) is 28.6 Å². The molecule has 2 atom stereocenters. The summed E-state index contributed by atoms with van der Waals surface area (Å²) >= 11 is 0. The Labute approximate surface area is 189 Å². The Morgan fingerprint density at radius 1 is 0.970 bits per heavy atom. The molecule has 3 aromatic rings. The molecule has 1 N–H and O–H groups in total. The third-order valence-electron chi connectivity index (χ3n) is 5.95. The molecule has 0 spiro atoms. The Balaban J connectivity index is 1.55. The van der Waals surface area contributed by atoms with Crippen LogP contribution < -0.4 is 4.90 Å². The van der Waals surface area contributed by atoms with Crippen molar-refractivity contribution < 1.29 is 19.5 Å². The van der Waals surface area contributed by atoms with Gasteiger partial charge in [0.1, 0.15) is 11.8 Å². The highest BCUT2D eigenvalue weighted by Crippen LogP contribution is 2.41. The van der Waals surface area contributed by atoms with Crippen LogP contribution in [0.25, 0.3) is 5.76 Å². The highest BCUT2D eigenvalue weighted by atomic mass is 16.3. The molecule has 7 nitrogen and oxygen atoms in total. The lowest BCUT2D eigenvalue weighted by molar-refractivity contribution is -0.125. The van der Waals surface area contributed by atoms with Gasteiger partial charge in [0.15, 0.2) is 5.78 Å². The zero-order valence-electron chi connectivity index (χ0n) is 17.5. The van der Waals surface area contributed by atoms with Crippen molar-refractivity contribution in [2.75, 3.05) is 4.90 Å². The zero-order valence-corrected chi connectivity index (χ0v) is 17.5. The van der Waals surface area contributed by atoms with Gasteiger partial charge in [-0.25, -0.2) is 0 Å². The number of aromatic nitrogens is 1. The van der Waals surface area contributed by atoms with E-state index in [0.717, 1.165) is 4.90 Å². The van der Waals surface area contributed by atoms with Gasteiger partial charge in [0, 0.05) is 23.7 Å². The molecule has 0 saturated carbocycles. The number of ketones is 1. The fourth-order valence-electron chi connectivity index (χ4n) is 4.38. The Hall–Kier alpha value is -4.39. The smallest absolute Gasteiger partial charge is 0.239 e. The molecule has 0 saturated heterocycles. The topological polar surface area (TPSA) is 99.9 Å². The van der Waals surface area contributed by atoms with Crippen LogP contribution in [0.2, 0.25) is 0 Å². The molecule has 33 heavy (non-hydrogen) atoms. The first-order valence-electron chi connectivity index (χ1n) is 10.5. The summed E-state index contributed by atoms with van der Waals surface area (Å²) in [5.74, 6) is -1.69. The first-order valence-corrected chi connectivity index (χ1v) is 10.5. The third kappa shape index (κ3) is 3.43. The predicted molar refractivity (Wildman–Crippen MR) is 123 cm³/mol. The lowest BCUT2D eigenvalue weighted by atomic mass is 9.91. The lowest BCUT2D eigenvalue weighted by Crippen LogP contribution is -2.37. The number of anilines is 1. The van der Waals surface area contributed by atoms with Crippen LogP contribution in [-0.2, 0) is 9.59 Å². The van der Waals surface area contributed by atoms with Gasteiger partial charge in [0.2, 0.25) is 12.3 Å². The number of fused-ring (bicyclic) bond motifs is 1. The van der Waals surface area contributed by atoms with E-state index in [1.54, 1.807) is 79.0 Å². The molecule has 5 rings (SSSR count). The quantitative estimate of drug-likeness (QED) is 0.610. The minimum Gasteiger partial charge on any atom is -0.506 e. The van der Waals surface area contributed by atoms with Gasteiger partial charge in [-0.2, -0.15) is 0 Å². The van der Waals surface area contributed by atoms with E-state index in [2.05, 4.69) is 9.98 Å². The van der Waals surface area contributed by atoms with Crippen molar-refractivity contribution in [1.29, 1.82) is 0 Å². The molecule has 2 aromatic carbocycles. The van der Waals surface area contributed by atoms with Crippen molar-refractivity contribution in [3.63, 3.8) is 0 Å². The Kier molecular flexibility index (Phi) is 5.14. The van der Waals surface area contributed by atoms with Gasteiger partial charge < -0.3 is 5.11 Å². The lowest BCUT2D eigenvalue weighted by Gasteiger charge is -2.23. The molecule has 1 aliphatic carbocycles. The fourth-order valence-corrected chi connectivity index (χ4v) is 4.38. The largest absolute Gasteiger partial charge is 0.506 e. The van der Waals surface area contributed by atoms with Crippen molar-refractivity contribution in [3.05, 3.63) is 101 Å². The summed E-state index contributed by atoms with van der Waals surface area (Å²) in [6, 6.07) is 20.0. The van der Waals surface area contributed by atoms with E-state index in [4.69, 9.17) is 0 Å². The van der Waals surface area contributed by atoms with Gasteiger partial charge in [-0.1, -0.05) is 48.5 Å². The van der Waals surface area contributed by atoms with E-state index in [9.17, 15) is 19.5 Å². The number of carbonyl (C=O) groups is 3. The summed E-state index contributed by atoms with van der Waals surface area (Å²) in [6.45, 7) is 0. The van der Waals surface area contributed by atoms with Crippen LogP contribution in [-0.4, -0.2) is 33.9 Å². The number of pyridine rings is 1. The van der Waals surface area contributed by atoms with Gasteiger partial charge in [0.25, 0.3) is 0 Å². The molecule has 2 amide bonds. The monoisotopic (exact) mass is 437 g/mol. The molecule has 0 radical (unpaired) electrons. The number of aliphatic hydroxyl groups is 1. The summed E-state index contributed by atoms with van der Waals surface area (Å²) < 4.78 is 0. The van der Waals surface area contributed by atoms with Crippen LogP contribution in [0.4, 0.5) is 5.69 Å². The summed E-state index contributed by atoms with van der Waals surface area (Å²) in [5.41, 5.74) is 2.27. The van der Waals surface area contributed by atoms with Crippen LogP contribution in [0.15, 0.2) is 89.6 Å². The summed E-state index contributed by atoms with van der Waals surface area (Å²) in [6.07, 6.45) is 2.18. The molecule has 162 valence electrons. The number of hydrogen-bond acceptors (Lipinski definition) is 6. The molecule has 1 aliphatic heterocycles. The van der Waals surface area contributed by atoms with Gasteiger partial charge in [-0.3, -0.25) is 29.3 Å². The number of benzene rings is 2. The SMILES string of the molecule is O=CN(C(=O)C1CC(C2=C(O)c3ccccc3C2=O)=NC1c1ccccn1)c1ccccc1. The van der Waals surface area contributed by atoms with E-state index < -0.39 is 17.9 Å². The number of aliphatic imine (C=N–C) groups is 1. The maximum Gasteiger partial charge on any atom is 0.239 e. The van der Waals surface area contributed by atoms with E-state index in [0.29, 0.717) is 34.6 Å². The molecule has 2 heterocycles. The summed E-state index contributed by atoms with van der Waals surface area (Å²) in [4.78, 5) is 48.6. The highest BCUT2D eigenvalue weighted by molar-refractivity contribution is 6.36. The normalized spacial score (nSPS) is 19.3. The molecule has 0 bridgehead atoms. The second-order valence-electron chi connectivity index (χ2n) is 7.83. The van der Waals surface area contributed by atoms with Crippen LogP contribution in [0.5, 0.6) is 0 Å². The maximum atomic E-state index is 13.5. The summed E-state index contributed by atoms with van der Waals surface area (Å²) in [5, 5.41) is 10.8. The Bertz CT molecular complexity index is 1320. The number of rotatable bonds is 5. The number of imide groups is 1. The van der Waals surface area contributed by atoms with E-state index in [-0.39, 0.29) is 23.5 Å². The second-order valence-corrected chi connectivity index (χ2v) is 7.83. The molecule has 0 fully saturated rings. The molecule has 7 heteroatoms. The number of nitrogens with zero attached hydrogens (tertiary/aromatic N) is 3. The number of amides is 2. The zero-order chi connectivity index (χ0) is 22.9. The van der Waals surface area contributed by atoms with Crippen LogP contribution in [0, 0.1) is 5.92 Å². The Morgan fingerprint density at radius 2 is 1.67 bits per heavy atom. The maximum absolute atomic E-state index is 13.5. The van der Waals surface area contributed by atoms with E-state index >= 15 is 0 Å². The number of hydrogen-bond donors (Lipinski definition) is 1. The van der Waals surface area contributed by atoms with Crippen molar-refractivity contribution in [2.24, 2.45) is 10.9 Å². The fraction of sp³-hybridized carbons (Fsp3) is 0.115. The van der Waals surface area contributed by atoms with Crippen LogP contribution in [0.3, 0.4) is 0 Å². The molecular weight excluding hydrogens is 418 g/mol. The highest BCUT2D eigenvalue weighted by Gasteiger charge is 2.43. The molecular formula is C26H19N3O4. The van der Waals surface area contributed by atoms with Gasteiger partial charge in [-0.15, -0.1) is 0 Å². The first-order chi connectivity index (χ1) is 16.1.